The Balaban J connectivity index is 2.46. The second-order valence-corrected chi connectivity index (χ2v) is 4.39. The van der Waals surface area contributed by atoms with Gasteiger partial charge in [0.05, 0.1) is 0 Å². The molecule has 0 spiro atoms. The number of carbonyl (C=O) groups is 1. The van der Waals surface area contributed by atoms with Crippen LogP contribution in [0.25, 0.3) is 11.4 Å². The summed E-state index contributed by atoms with van der Waals surface area (Å²) in [4.78, 5) is 16.4. The molecule has 0 bridgehead atoms. The fraction of sp³-hybridized carbons (Fsp3) is 0.167. The van der Waals surface area contributed by atoms with Gasteiger partial charge in [0.15, 0.2) is 0 Å². The lowest BCUT2D eigenvalue weighted by Crippen LogP contribution is -2.18. The Labute approximate surface area is 104 Å². The van der Waals surface area contributed by atoms with Gasteiger partial charge in [-0.15, -0.1) is 11.8 Å². The highest BCUT2D eigenvalue weighted by atomic mass is 32.2. The number of imidazole rings is 1. The normalized spacial score (nSPS) is 10.4. The number of rotatable bonds is 4. The van der Waals surface area contributed by atoms with Crippen LogP contribution in [0.5, 0.6) is 0 Å². The number of carbonyl (C=O) groups excluding carboxylic acids is 1. The Bertz CT molecular complexity index is 536. The molecule has 4 nitrogen and oxygen atoms in total. The first-order valence-corrected chi connectivity index (χ1v) is 6.37. The molecule has 0 radical (unpaired) electrons. The average molecular weight is 247 g/mol. The van der Waals surface area contributed by atoms with Crippen LogP contribution in [-0.4, -0.2) is 21.7 Å². The maximum Gasteiger partial charge on any atom is 0.237 e. The molecule has 0 saturated carbocycles. The van der Waals surface area contributed by atoms with E-state index in [2.05, 4.69) is 4.98 Å². The highest BCUT2D eigenvalue weighted by Crippen LogP contribution is 2.28. The Morgan fingerprint density at radius 1 is 1.47 bits per heavy atom. The summed E-state index contributed by atoms with van der Waals surface area (Å²) < 4.78 is 1.76. The standard InChI is InChI=1S/C12H13N3OS/c1-17-10-5-3-2-4-9(10)12-14-6-7-15(12)8-11(13)16/h2-7H,8H2,1H3,(H2,13,16). The van der Waals surface area contributed by atoms with Gasteiger partial charge in [-0.2, -0.15) is 0 Å². The van der Waals surface area contributed by atoms with E-state index in [1.807, 2.05) is 30.5 Å². The first-order valence-electron chi connectivity index (χ1n) is 5.15. The topological polar surface area (TPSA) is 60.9 Å². The summed E-state index contributed by atoms with van der Waals surface area (Å²) in [6.07, 6.45) is 5.45. The van der Waals surface area contributed by atoms with E-state index in [9.17, 15) is 4.79 Å². The van der Waals surface area contributed by atoms with Gasteiger partial charge >= 0.3 is 0 Å². The lowest BCUT2D eigenvalue weighted by Gasteiger charge is -2.08. The van der Waals surface area contributed by atoms with Gasteiger partial charge in [-0.05, 0) is 12.3 Å². The molecule has 0 unspecified atom stereocenters. The van der Waals surface area contributed by atoms with Crippen molar-refractivity contribution in [3.8, 4) is 11.4 Å². The van der Waals surface area contributed by atoms with Crippen molar-refractivity contribution in [2.75, 3.05) is 6.26 Å². The molecule has 1 aromatic heterocycles. The average Bonchev–Trinajstić information content (AvgIpc) is 2.76. The molecule has 1 heterocycles. The van der Waals surface area contributed by atoms with Gasteiger partial charge in [0.2, 0.25) is 5.91 Å². The molecular formula is C12H13N3OS. The van der Waals surface area contributed by atoms with E-state index in [1.54, 1.807) is 28.7 Å². The number of benzene rings is 1. The Morgan fingerprint density at radius 2 is 2.24 bits per heavy atom. The summed E-state index contributed by atoms with van der Waals surface area (Å²) in [5, 5.41) is 0. The molecule has 2 N–H and O–H groups in total. The number of thioether (sulfide) groups is 1. The quantitative estimate of drug-likeness (QED) is 0.837. The van der Waals surface area contributed by atoms with E-state index in [4.69, 9.17) is 5.73 Å². The van der Waals surface area contributed by atoms with Gasteiger partial charge < -0.3 is 10.3 Å². The molecule has 17 heavy (non-hydrogen) atoms. The Kier molecular flexibility index (Phi) is 3.49. The number of nitrogens with two attached hydrogens (primary N) is 1. The van der Waals surface area contributed by atoms with Gasteiger partial charge in [-0.25, -0.2) is 4.98 Å². The van der Waals surface area contributed by atoms with E-state index >= 15 is 0 Å². The minimum absolute atomic E-state index is 0.151. The van der Waals surface area contributed by atoms with Crippen LogP contribution in [0.1, 0.15) is 0 Å². The van der Waals surface area contributed by atoms with Crippen molar-refractivity contribution in [2.24, 2.45) is 5.73 Å². The van der Waals surface area contributed by atoms with Crippen LogP contribution in [0, 0.1) is 0 Å². The maximum atomic E-state index is 11.0. The van der Waals surface area contributed by atoms with E-state index < -0.39 is 0 Å². The molecule has 0 aliphatic heterocycles. The van der Waals surface area contributed by atoms with Crippen LogP contribution in [0.3, 0.4) is 0 Å². The number of hydrogen-bond acceptors (Lipinski definition) is 3. The summed E-state index contributed by atoms with van der Waals surface area (Å²) in [7, 11) is 0. The third-order valence-corrected chi connectivity index (χ3v) is 3.19. The second-order valence-electron chi connectivity index (χ2n) is 3.55. The predicted molar refractivity (Wildman–Crippen MR) is 68.6 cm³/mol. The number of hydrogen-bond donors (Lipinski definition) is 1. The third kappa shape index (κ3) is 2.50. The summed E-state index contributed by atoms with van der Waals surface area (Å²) in [6, 6.07) is 7.96. The zero-order valence-corrected chi connectivity index (χ0v) is 10.3. The summed E-state index contributed by atoms with van der Waals surface area (Å²) in [5.41, 5.74) is 6.23. The zero-order valence-electron chi connectivity index (χ0n) is 9.46. The molecule has 0 saturated heterocycles. The lowest BCUT2D eigenvalue weighted by atomic mass is 10.2. The maximum absolute atomic E-state index is 11.0. The van der Waals surface area contributed by atoms with Gasteiger partial charge in [0.25, 0.3) is 0 Å². The second kappa shape index (κ2) is 5.05. The monoisotopic (exact) mass is 247 g/mol. The molecule has 0 fully saturated rings. The molecule has 2 aromatic rings. The van der Waals surface area contributed by atoms with E-state index in [0.717, 1.165) is 16.3 Å². The van der Waals surface area contributed by atoms with Crippen molar-refractivity contribution in [1.29, 1.82) is 0 Å². The lowest BCUT2D eigenvalue weighted by molar-refractivity contribution is -0.118. The molecule has 0 aliphatic carbocycles. The molecule has 0 aliphatic rings. The highest BCUT2D eigenvalue weighted by molar-refractivity contribution is 7.98. The zero-order chi connectivity index (χ0) is 12.3. The van der Waals surface area contributed by atoms with Crippen LogP contribution < -0.4 is 5.73 Å². The van der Waals surface area contributed by atoms with Crippen LogP contribution >= 0.6 is 11.8 Å². The van der Waals surface area contributed by atoms with Crippen molar-refractivity contribution in [1.82, 2.24) is 9.55 Å². The molecule has 2 rings (SSSR count). The van der Waals surface area contributed by atoms with Crippen LogP contribution in [0.15, 0.2) is 41.6 Å². The number of aromatic nitrogens is 2. The predicted octanol–water partition coefficient (Wildman–Crippen LogP) is 1.76. The smallest absolute Gasteiger partial charge is 0.237 e. The van der Waals surface area contributed by atoms with Crippen LogP contribution in [-0.2, 0) is 11.3 Å². The molecule has 88 valence electrons. The molecule has 1 amide bonds. The van der Waals surface area contributed by atoms with Crippen molar-refractivity contribution >= 4 is 17.7 Å². The van der Waals surface area contributed by atoms with E-state index in [-0.39, 0.29) is 12.5 Å². The van der Waals surface area contributed by atoms with Gasteiger partial charge in [0, 0.05) is 22.9 Å². The van der Waals surface area contributed by atoms with E-state index in [1.165, 1.54) is 0 Å². The summed E-state index contributed by atoms with van der Waals surface area (Å²) in [6.45, 7) is 0.151. The van der Waals surface area contributed by atoms with Crippen LogP contribution in [0.4, 0.5) is 0 Å². The summed E-state index contributed by atoms with van der Waals surface area (Å²) >= 11 is 1.65. The number of primary amides is 1. The first-order chi connectivity index (χ1) is 8.22. The number of nitrogens with zero attached hydrogens (tertiary/aromatic N) is 2. The molecule has 5 heteroatoms. The summed E-state index contributed by atoms with van der Waals surface area (Å²) in [5.74, 6) is 0.402. The van der Waals surface area contributed by atoms with Crippen molar-refractivity contribution < 1.29 is 4.79 Å². The van der Waals surface area contributed by atoms with Gasteiger partial charge in [-0.1, -0.05) is 18.2 Å². The third-order valence-electron chi connectivity index (χ3n) is 2.39. The minimum Gasteiger partial charge on any atom is -0.368 e. The SMILES string of the molecule is CSc1ccccc1-c1nccn1CC(N)=O. The first kappa shape index (κ1) is 11.7. The van der Waals surface area contributed by atoms with Crippen LogP contribution in [0.2, 0.25) is 0 Å². The van der Waals surface area contributed by atoms with Crippen molar-refractivity contribution in [2.45, 2.75) is 11.4 Å². The molecule has 0 atom stereocenters. The fourth-order valence-corrected chi connectivity index (χ4v) is 2.27. The fourth-order valence-electron chi connectivity index (χ4n) is 1.68. The van der Waals surface area contributed by atoms with Gasteiger partial charge in [-0.3, -0.25) is 4.79 Å². The van der Waals surface area contributed by atoms with Gasteiger partial charge in [0.1, 0.15) is 12.4 Å². The largest absolute Gasteiger partial charge is 0.368 e. The minimum atomic E-state index is -0.370. The Hall–Kier alpha value is -1.75. The van der Waals surface area contributed by atoms with E-state index in [0.29, 0.717) is 0 Å². The van der Waals surface area contributed by atoms with Crippen molar-refractivity contribution in [3.63, 3.8) is 0 Å². The Morgan fingerprint density at radius 3 is 2.94 bits per heavy atom. The van der Waals surface area contributed by atoms with Crippen molar-refractivity contribution in [3.05, 3.63) is 36.7 Å². The highest BCUT2D eigenvalue weighted by Gasteiger charge is 2.10. The molecule has 1 aromatic carbocycles. The number of amides is 1. The molecular weight excluding hydrogens is 234 g/mol.